The van der Waals surface area contributed by atoms with Gasteiger partial charge in [-0.25, -0.2) is 4.98 Å². The average Bonchev–Trinajstić information content (AvgIpc) is 2.80. The molecule has 0 spiro atoms. The SMILES string of the molecule is CN(C(=O)C(F)(F)F)c1ccc(C(=O)Nc2ccc(Cl)cc2C(=O)Nc2ccc(Cl)cn2)cc1. The third kappa shape index (κ3) is 6.03. The van der Waals surface area contributed by atoms with E-state index in [0.29, 0.717) is 9.92 Å². The molecule has 0 aliphatic rings. The van der Waals surface area contributed by atoms with Crippen molar-refractivity contribution in [3.05, 3.63) is 82.0 Å². The maximum Gasteiger partial charge on any atom is 0.471 e. The number of hydrogen-bond donors (Lipinski definition) is 2. The Labute approximate surface area is 201 Å². The van der Waals surface area contributed by atoms with Crippen LogP contribution in [0.15, 0.2) is 60.8 Å². The van der Waals surface area contributed by atoms with Gasteiger partial charge < -0.3 is 15.5 Å². The molecule has 3 aromatic rings. The van der Waals surface area contributed by atoms with Crippen LogP contribution < -0.4 is 15.5 Å². The Balaban J connectivity index is 1.77. The molecule has 34 heavy (non-hydrogen) atoms. The number of anilines is 3. The minimum Gasteiger partial charge on any atom is -0.321 e. The van der Waals surface area contributed by atoms with E-state index in [-0.39, 0.29) is 33.3 Å². The van der Waals surface area contributed by atoms with Crippen LogP contribution in [-0.2, 0) is 4.79 Å². The number of rotatable bonds is 5. The predicted molar refractivity (Wildman–Crippen MR) is 123 cm³/mol. The van der Waals surface area contributed by atoms with Gasteiger partial charge in [0, 0.05) is 29.5 Å². The molecule has 0 aliphatic carbocycles. The van der Waals surface area contributed by atoms with Gasteiger partial charge in [-0.05, 0) is 54.6 Å². The molecule has 3 amide bonds. The third-order valence-corrected chi connectivity index (χ3v) is 4.97. The van der Waals surface area contributed by atoms with Gasteiger partial charge in [0.25, 0.3) is 11.8 Å². The zero-order valence-corrected chi connectivity index (χ0v) is 18.8. The number of pyridine rings is 1. The Bertz CT molecular complexity index is 1230. The molecule has 3 rings (SSSR count). The van der Waals surface area contributed by atoms with E-state index in [4.69, 9.17) is 23.2 Å². The molecule has 1 aromatic heterocycles. The standard InChI is InChI=1S/C22H15Cl2F3N4O3/c1-31(21(34)22(25,26)27)15-6-2-12(3-7-15)19(32)29-17-8-4-13(23)10-16(17)20(33)30-18-9-5-14(24)11-28-18/h2-11H,1H3,(H,29,32)(H,28,30,33). The van der Waals surface area contributed by atoms with E-state index >= 15 is 0 Å². The number of amides is 3. The summed E-state index contributed by atoms with van der Waals surface area (Å²) in [6.07, 6.45) is -3.68. The van der Waals surface area contributed by atoms with Crippen LogP contribution in [0.25, 0.3) is 0 Å². The lowest BCUT2D eigenvalue weighted by atomic mass is 10.1. The summed E-state index contributed by atoms with van der Waals surface area (Å²) < 4.78 is 37.8. The van der Waals surface area contributed by atoms with Crippen LogP contribution in [0.3, 0.4) is 0 Å². The van der Waals surface area contributed by atoms with Crippen LogP contribution in [0.5, 0.6) is 0 Å². The molecule has 0 atom stereocenters. The maximum absolute atomic E-state index is 12.7. The lowest BCUT2D eigenvalue weighted by molar-refractivity contribution is -0.170. The molecule has 0 bridgehead atoms. The number of halogens is 5. The van der Waals surface area contributed by atoms with E-state index in [2.05, 4.69) is 15.6 Å². The van der Waals surface area contributed by atoms with Crippen LogP contribution >= 0.6 is 23.2 Å². The number of nitrogens with zero attached hydrogens (tertiary/aromatic N) is 2. The van der Waals surface area contributed by atoms with Gasteiger partial charge in [0.05, 0.1) is 16.3 Å². The molecule has 2 N–H and O–H groups in total. The van der Waals surface area contributed by atoms with Gasteiger partial charge in [0.15, 0.2) is 0 Å². The second-order valence-corrected chi connectivity index (χ2v) is 7.74. The van der Waals surface area contributed by atoms with Gasteiger partial charge in [-0.15, -0.1) is 0 Å². The molecule has 7 nitrogen and oxygen atoms in total. The lowest BCUT2D eigenvalue weighted by Gasteiger charge is -2.19. The summed E-state index contributed by atoms with van der Waals surface area (Å²) in [7, 11) is 0.971. The molecule has 0 unspecified atom stereocenters. The van der Waals surface area contributed by atoms with Crippen molar-refractivity contribution in [2.75, 3.05) is 22.6 Å². The zero-order chi connectivity index (χ0) is 25.0. The zero-order valence-electron chi connectivity index (χ0n) is 17.3. The Morgan fingerprint density at radius 1 is 0.882 bits per heavy atom. The normalized spacial score (nSPS) is 11.0. The van der Waals surface area contributed by atoms with Crippen LogP contribution in [0.2, 0.25) is 10.0 Å². The first-order valence-electron chi connectivity index (χ1n) is 9.44. The number of benzene rings is 2. The average molecular weight is 511 g/mol. The van der Waals surface area contributed by atoms with Crippen molar-refractivity contribution in [2.24, 2.45) is 0 Å². The lowest BCUT2D eigenvalue weighted by Crippen LogP contribution is -2.38. The summed E-state index contributed by atoms with van der Waals surface area (Å²) in [6.45, 7) is 0. The maximum atomic E-state index is 12.7. The Morgan fingerprint density at radius 3 is 2.12 bits per heavy atom. The number of nitrogens with one attached hydrogen (secondary N) is 2. The summed E-state index contributed by atoms with van der Waals surface area (Å²) in [5, 5.41) is 5.75. The van der Waals surface area contributed by atoms with Gasteiger partial charge in [-0.2, -0.15) is 13.2 Å². The Kier molecular flexibility index (Phi) is 7.43. The molecule has 176 valence electrons. The molecule has 0 saturated carbocycles. The van der Waals surface area contributed by atoms with Gasteiger partial charge in [0.1, 0.15) is 5.82 Å². The minimum atomic E-state index is -5.03. The van der Waals surface area contributed by atoms with Gasteiger partial charge in [-0.3, -0.25) is 14.4 Å². The summed E-state index contributed by atoms with van der Waals surface area (Å²) in [5.74, 6) is -3.07. The quantitative estimate of drug-likeness (QED) is 0.479. The Hall–Kier alpha value is -3.63. The molecule has 12 heteroatoms. The summed E-state index contributed by atoms with van der Waals surface area (Å²) in [4.78, 5) is 41.2. The second-order valence-electron chi connectivity index (χ2n) is 6.87. The molecular weight excluding hydrogens is 496 g/mol. The molecule has 2 aromatic carbocycles. The van der Waals surface area contributed by atoms with Crippen molar-refractivity contribution >= 4 is 58.1 Å². The molecule has 0 fully saturated rings. The fourth-order valence-electron chi connectivity index (χ4n) is 2.79. The van der Waals surface area contributed by atoms with E-state index < -0.39 is 23.9 Å². The monoisotopic (exact) mass is 510 g/mol. The highest BCUT2D eigenvalue weighted by atomic mass is 35.5. The Morgan fingerprint density at radius 2 is 1.53 bits per heavy atom. The number of hydrogen-bond acceptors (Lipinski definition) is 4. The highest BCUT2D eigenvalue weighted by molar-refractivity contribution is 6.31. The molecule has 1 heterocycles. The topological polar surface area (TPSA) is 91.4 Å². The minimum absolute atomic E-state index is 0.0460. The fourth-order valence-corrected chi connectivity index (χ4v) is 3.07. The van der Waals surface area contributed by atoms with Crippen molar-refractivity contribution in [3.8, 4) is 0 Å². The summed E-state index contributed by atoms with van der Waals surface area (Å²) in [6, 6.07) is 12.2. The van der Waals surface area contributed by atoms with Gasteiger partial charge in [-0.1, -0.05) is 23.2 Å². The largest absolute Gasteiger partial charge is 0.471 e. The molecule has 0 saturated heterocycles. The number of aromatic nitrogens is 1. The van der Waals surface area contributed by atoms with Crippen molar-refractivity contribution in [2.45, 2.75) is 6.18 Å². The van der Waals surface area contributed by atoms with Crippen molar-refractivity contribution in [1.82, 2.24) is 4.98 Å². The van der Waals surface area contributed by atoms with E-state index in [1.165, 1.54) is 60.8 Å². The molecular formula is C22H15Cl2F3N4O3. The first-order valence-corrected chi connectivity index (χ1v) is 10.2. The van der Waals surface area contributed by atoms with E-state index in [9.17, 15) is 27.6 Å². The number of alkyl halides is 3. The number of carbonyl (C=O) groups is 3. The van der Waals surface area contributed by atoms with Crippen molar-refractivity contribution in [1.29, 1.82) is 0 Å². The van der Waals surface area contributed by atoms with Crippen molar-refractivity contribution in [3.63, 3.8) is 0 Å². The van der Waals surface area contributed by atoms with E-state index in [1.807, 2.05) is 0 Å². The second kappa shape index (κ2) is 10.1. The van der Waals surface area contributed by atoms with Crippen LogP contribution in [0.4, 0.5) is 30.4 Å². The van der Waals surface area contributed by atoms with Crippen LogP contribution in [0.1, 0.15) is 20.7 Å². The smallest absolute Gasteiger partial charge is 0.321 e. The summed E-state index contributed by atoms with van der Waals surface area (Å²) >= 11 is 11.8. The predicted octanol–water partition coefficient (Wildman–Crippen LogP) is 5.42. The van der Waals surface area contributed by atoms with Crippen LogP contribution in [0, 0.1) is 0 Å². The number of carbonyl (C=O) groups excluding carboxylic acids is 3. The highest BCUT2D eigenvalue weighted by Crippen LogP contribution is 2.25. The van der Waals surface area contributed by atoms with Crippen LogP contribution in [-0.4, -0.2) is 35.9 Å². The first kappa shape index (κ1) is 25.0. The van der Waals surface area contributed by atoms with Gasteiger partial charge >= 0.3 is 12.1 Å². The fraction of sp³-hybridized carbons (Fsp3) is 0.0909. The first-order chi connectivity index (χ1) is 16.0. The van der Waals surface area contributed by atoms with E-state index in [0.717, 1.165) is 7.05 Å². The van der Waals surface area contributed by atoms with Crippen molar-refractivity contribution < 1.29 is 27.6 Å². The summed E-state index contributed by atoms with van der Waals surface area (Å²) in [5.41, 5.74) is 0.206. The van der Waals surface area contributed by atoms with E-state index in [1.54, 1.807) is 0 Å². The highest BCUT2D eigenvalue weighted by Gasteiger charge is 2.41. The molecule has 0 radical (unpaired) electrons. The molecule has 0 aliphatic heterocycles. The third-order valence-electron chi connectivity index (χ3n) is 4.51. The van der Waals surface area contributed by atoms with Gasteiger partial charge in [0.2, 0.25) is 0 Å².